The maximum atomic E-state index is 6.72. The Labute approximate surface area is 159 Å². The van der Waals surface area contributed by atoms with Crippen molar-refractivity contribution in [2.24, 2.45) is 34.5 Å². The van der Waals surface area contributed by atoms with E-state index in [-0.39, 0.29) is 0 Å². The zero-order valence-electron chi connectivity index (χ0n) is 16.8. The van der Waals surface area contributed by atoms with Crippen molar-refractivity contribution < 1.29 is 4.74 Å². The van der Waals surface area contributed by atoms with Gasteiger partial charge in [0.25, 0.3) is 0 Å². The van der Waals surface area contributed by atoms with Gasteiger partial charge >= 0.3 is 0 Å². The molecule has 0 amide bonds. The lowest BCUT2D eigenvalue weighted by molar-refractivity contribution is -0.146. The summed E-state index contributed by atoms with van der Waals surface area (Å²) in [7, 11) is 0. The molecule has 0 aromatic heterocycles. The van der Waals surface area contributed by atoms with E-state index >= 15 is 0 Å². The number of ether oxygens (including phenoxy) is 1. The topological polar surface area (TPSA) is 9.23 Å². The van der Waals surface area contributed by atoms with Crippen molar-refractivity contribution in [2.45, 2.75) is 84.2 Å². The van der Waals surface area contributed by atoms with E-state index in [1.807, 2.05) is 0 Å². The highest BCUT2D eigenvalue weighted by Gasteiger charge is 2.60. The summed E-state index contributed by atoms with van der Waals surface area (Å²) in [6.07, 6.45) is 14.8. The molecule has 1 aromatic carbocycles. The Hall–Kier alpha value is -0.980. The molecule has 1 aromatic rings. The van der Waals surface area contributed by atoms with Crippen LogP contribution in [-0.4, -0.2) is 6.10 Å². The highest BCUT2D eigenvalue weighted by molar-refractivity contribution is 5.22. The van der Waals surface area contributed by atoms with Crippen LogP contribution in [-0.2, 0) is 0 Å². The molecule has 0 N–H and O–H groups in total. The van der Waals surface area contributed by atoms with Crippen LogP contribution in [0.15, 0.2) is 30.3 Å². The summed E-state index contributed by atoms with van der Waals surface area (Å²) >= 11 is 0. The van der Waals surface area contributed by atoms with Gasteiger partial charge in [-0.15, -0.1) is 0 Å². The first kappa shape index (κ1) is 17.1. The van der Waals surface area contributed by atoms with Crippen LogP contribution in [0.5, 0.6) is 5.75 Å². The molecule has 26 heavy (non-hydrogen) atoms. The number of rotatable bonds is 2. The van der Waals surface area contributed by atoms with Gasteiger partial charge in [-0.1, -0.05) is 51.3 Å². The predicted molar refractivity (Wildman–Crippen MR) is 107 cm³/mol. The van der Waals surface area contributed by atoms with E-state index in [1.165, 1.54) is 64.2 Å². The average molecular weight is 353 g/mol. The maximum absolute atomic E-state index is 6.72. The minimum Gasteiger partial charge on any atom is -0.490 e. The molecule has 7 atom stereocenters. The Kier molecular flexibility index (Phi) is 4.14. The van der Waals surface area contributed by atoms with E-state index in [2.05, 4.69) is 44.2 Å². The molecule has 4 aliphatic rings. The molecule has 0 spiro atoms. The van der Waals surface area contributed by atoms with Crippen molar-refractivity contribution in [1.29, 1.82) is 0 Å². The molecule has 4 aliphatic carbocycles. The fraction of sp³-hybridized carbons (Fsp3) is 0.760. The van der Waals surface area contributed by atoms with Gasteiger partial charge in [0, 0.05) is 5.92 Å². The van der Waals surface area contributed by atoms with E-state index in [0.717, 1.165) is 29.4 Å². The third-order valence-electron chi connectivity index (χ3n) is 9.38. The van der Waals surface area contributed by atoms with Crippen LogP contribution in [0.1, 0.15) is 78.1 Å². The standard InChI is InChI=1S/C25H36O/c1-24-14-8-12-20(24)19-17-23(26-18-9-4-3-5-10-18)22-11-6-7-15-25(22,2)21(19)13-16-24/h3-5,9-10,19-23H,6-8,11-17H2,1-2H3/t19-,20-,21-,22+,23+,24-,25+/m0/s1. The molecule has 0 radical (unpaired) electrons. The summed E-state index contributed by atoms with van der Waals surface area (Å²) in [6, 6.07) is 10.7. The lowest BCUT2D eigenvalue weighted by Gasteiger charge is -2.61. The van der Waals surface area contributed by atoms with Gasteiger partial charge in [-0.25, -0.2) is 0 Å². The molecule has 4 saturated carbocycles. The Balaban J connectivity index is 1.48. The first-order valence-electron chi connectivity index (χ1n) is 11.3. The number of para-hydroxylation sites is 1. The first-order chi connectivity index (χ1) is 12.6. The highest BCUT2D eigenvalue weighted by atomic mass is 16.5. The molecule has 142 valence electrons. The van der Waals surface area contributed by atoms with E-state index in [4.69, 9.17) is 4.74 Å². The fourth-order valence-electron chi connectivity index (χ4n) is 8.12. The van der Waals surface area contributed by atoms with Crippen molar-refractivity contribution >= 4 is 0 Å². The number of hydrogen-bond donors (Lipinski definition) is 0. The third kappa shape index (κ3) is 2.56. The second kappa shape index (κ2) is 6.28. The Morgan fingerprint density at radius 2 is 1.62 bits per heavy atom. The average Bonchev–Trinajstić information content (AvgIpc) is 3.04. The van der Waals surface area contributed by atoms with Crippen molar-refractivity contribution in [2.75, 3.05) is 0 Å². The van der Waals surface area contributed by atoms with E-state index in [0.29, 0.717) is 16.9 Å². The quantitative estimate of drug-likeness (QED) is 0.564. The van der Waals surface area contributed by atoms with Crippen LogP contribution >= 0.6 is 0 Å². The van der Waals surface area contributed by atoms with Gasteiger partial charge in [-0.05, 0) is 85.7 Å². The molecular formula is C25H36O. The monoisotopic (exact) mass is 352 g/mol. The zero-order chi connectivity index (χ0) is 17.8. The smallest absolute Gasteiger partial charge is 0.119 e. The summed E-state index contributed by atoms with van der Waals surface area (Å²) in [4.78, 5) is 0. The SMILES string of the molecule is C[C@@]12CCC[C@H]1[C@@H]1C[C@@H](Oc3ccccc3)[C@H]3CCCC[C@]3(C)[C@H]1CC2. The molecule has 1 nitrogen and oxygen atoms in total. The summed E-state index contributed by atoms with van der Waals surface area (Å²) in [5, 5.41) is 0. The molecule has 0 bridgehead atoms. The van der Waals surface area contributed by atoms with Crippen LogP contribution in [0.4, 0.5) is 0 Å². The van der Waals surface area contributed by atoms with Crippen molar-refractivity contribution in [3.63, 3.8) is 0 Å². The predicted octanol–water partition coefficient (Wildman–Crippen LogP) is 6.87. The van der Waals surface area contributed by atoms with Gasteiger partial charge in [0.2, 0.25) is 0 Å². The summed E-state index contributed by atoms with van der Waals surface area (Å²) in [5.41, 5.74) is 1.15. The fourth-order valence-corrected chi connectivity index (χ4v) is 8.12. The van der Waals surface area contributed by atoms with Crippen LogP contribution in [0.25, 0.3) is 0 Å². The lowest BCUT2D eigenvalue weighted by atomic mass is 9.45. The molecule has 5 rings (SSSR count). The van der Waals surface area contributed by atoms with Gasteiger partial charge in [0.1, 0.15) is 11.9 Å². The molecule has 0 aliphatic heterocycles. The van der Waals surface area contributed by atoms with Crippen LogP contribution in [0.2, 0.25) is 0 Å². The highest BCUT2D eigenvalue weighted by Crippen LogP contribution is 2.66. The molecular weight excluding hydrogens is 316 g/mol. The number of fused-ring (bicyclic) bond motifs is 5. The second-order valence-electron chi connectivity index (χ2n) is 10.5. The third-order valence-corrected chi connectivity index (χ3v) is 9.38. The molecule has 0 heterocycles. The first-order valence-corrected chi connectivity index (χ1v) is 11.3. The Morgan fingerprint density at radius 1 is 0.808 bits per heavy atom. The Morgan fingerprint density at radius 3 is 2.46 bits per heavy atom. The minimum absolute atomic E-state index is 0.437. The maximum Gasteiger partial charge on any atom is 0.119 e. The van der Waals surface area contributed by atoms with Crippen LogP contribution in [0, 0.1) is 34.5 Å². The van der Waals surface area contributed by atoms with Crippen LogP contribution < -0.4 is 4.74 Å². The largest absolute Gasteiger partial charge is 0.490 e. The number of hydrogen-bond acceptors (Lipinski definition) is 1. The molecule has 0 unspecified atom stereocenters. The van der Waals surface area contributed by atoms with Crippen molar-refractivity contribution in [1.82, 2.24) is 0 Å². The van der Waals surface area contributed by atoms with E-state index in [1.54, 1.807) is 0 Å². The van der Waals surface area contributed by atoms with Gasteiger partial charge < -0.3 is 4.74 Å². The summed E-state index contributed by atoms with van der Waals surface area (Å²) in [5.74, 6) is 4.68. The Bertz CT molecular complexity index is 639. The van der Waals surface area contributed by atoms with Crippen molar-refractivity contribution in [3.8, 4) is 5.75 Å². The van der Waals surface area contributed by atoms with Crippen molar-refractivity contribution in [3.05, 3.63) is 30.3 Å². The summed E-state index contributed by atoms with van der Waals surface area (Å²) in [6.45, 7) is 5.27. The molecule has 0 saturated heterocycles. The minimum atomic E-state index is 0.437. The second-order valence-corrected chi connectivity index (χ2v) is 10.5. The van der Waals surface area contributed by atoms with Gasteiger partial charge in [0.15, 0.2) is 0 Å². The number of benzene rings is 1. The van der Waals surface area contributed by atoms with E-state index < -0.39 is 0 Å². The molecule has 1 heteroatoms. The van der Waals surface area contributed by atoms with E-state index in [9.17, 15) is 0 Å². The summed E-state index contributed by atoms with van der Waals surface area (Å²) < 4.78 is 6.72. The van der Waals surface area contributed by atoms with Crippen LogP contribution in [0.3, 0.4) is 0 Å². The van der Waals surface area contributed by atoms with Gasteiger partial charge in [0.05, 0.1) is 0 Å². The zero-order valence-corrected chi connectivity index (χ0v) is 16.8. The normalized spacial score (nSPS) is 47.5. The molecule has 4 fully saturated rings. The van der Waals surface area contributed by atoms with Gasteiger partial charge in [-0.2, -0.15) is 0 Å². The van der Waals surface area contributed by atoms with Gasteiger partial charge in [-0.3, -0.25) is 0 Å². The lowest BCUT2D eigenvalue weighted by Crippen LogP contribution is -2.57.